The summed E-state index contributed by atoms with van der Waals surface area (Å²) in [6, 6.07) is 17.2. The standard InChI is InChI=1S/C31H35FN6O3/c32-26-8-3-23(4-9-26)21-37-15-17-38(18-16-37)31(41)25-7-10-28(34-19-25)30(40)35-27-11-13-36(14-12-27)20-22-1-5-24(6-2-22)29(33)39/h1-10,19,27H,11-18,20-21H2,(H2,33,39)(H,35,40). The Labute approximate surface area is 239 Å². The zero-order valence-electron chi connectivity index (χ0n) is 23.0. The third-order valence-electron chi connectivity index (χ3n) is 7.79. The van der Waals surface area contributed by atoms with E-state index in [0.717, 1.165) is 63.2 Å². The fraction of sp³-hybridized carbons (Fsp3) is 0.355. The number of primary amides is 1. The second-order valence-electron chi connectivity index (χ2n) is 10.7. The van der Waals surface area contributed by atoms with Crippen LogP contribution in [0.2, 0.25) is 0 Å². The van der Waals surface area contributed by atoms with Gasteiger partial charge >= 0.3 is 0 Å². The number of rotatable bonds is 8. The molecule has 1 aromatic heterocycles. The van der Waals surface area contributed by atoms with Crippen LogP contribution in [-0.4, -0.2) is 82.7 Å². The van der Waals surface area contributed by atoms with Gasteiger partial charge in [-0.15, -0.1) is 0 Å². The summed E-state index contributed by atoms with van der Waals surface area (Å²) >= 11 is 0. The first-order chi connectivity index (χ1) is 19.8. The van der Waals surface area contributed by atoms with Crippen LogP contribution < -0.4 is 11.1 Å². The van der Waals surface area contributed by atoms with Gasteiger partial charge in [0.1, 0.15) is 11.5 Å². The van der Waals surface area contributed by atoms with E-state index in [0.29, 0.717) is 29.9 Å². The Kier molecular flexibility index (Phi) is 9.01. The van der Waals surface area contributed by atoms with Crippen molar-refractivity contribution >= 4 is 17.7 Å². The topological polar surface area (TPSA) is 112 Å². The van der Waals surface area contributed by atoms with E-state index in [-0.39, 0.29) is 23.7 Å². The van der Waals surface area contributed by atoms with E-state index in [4.69, 9.17) is 5.73 Å². The van der Waals surface area contributed by atoms with E-state index >= 15 is 0 Å². The molecule has 0 spiro atoms. The Bertz CT molecular complexity index is 1350. The number of halogens is 1. The van der Waals surface area contributed by atoms with Crippen LogP contribution in [0.3, 0.4) is 0 Å². The van der Waals surface area contributed by atoms with E-state index < -0.39 is 5.91 Å². The van der Waals surface area contributed by atoms with Crippen molar-refractivity contribution in [3.8, 4) is 0 Å². The molecule has 9 nitrogen and oxygen atoms in total. The van der Waals surface area contributed by atoms with Crippen molar-refractivity contribution in [2.45, 2.75) is 32.0 Å². The molecule has 3 aromatic rings. The van der Waals surface area contributed by atoms with Gasteiger partial charge in [-0.1, -0.05) is 24.3 Å². The molecule has 0 unspecified atom stereocenters. The minimum absolute atomic E-state index is 0.0605. The van der Waals surface area contributed by atoms with Gasteiger partial charge in [-0.3, -0.25) is 29.2 Å². The first-order valence-electron chi connectivity index (χ1n) is 14.0. The summed E-state index contributed by atoms with van der Waals surface area (Å²) in [6.45, 7) is 5.86. The highest BCUT2D eigenvalue weighted by atomic mass is 19.1. The van der Waals surface area contributed by atoms with Crippen molar-refractivity contribution in [1.29, 1.82) is 0 Å². The lowest BCUT2D eigenvalue weighted by atomic mass is 10.0. The molecule has 2 aliphatic rings. The normalized spacial score (nSPS) is 16.9. The lowest BCUT2D eigenvalue weighted by Gasteiger charge is -2.34. The third kappa shape index (κ3) is 7.53. The molecule has 3 heterocycles. The SMILES string of the molecule is NC(=O)c1ccc(CN2CCC(NC(=O)c3ccc(C(=O)N4CCN(Cc5ccc(F)cc5)CC4)cn3)CC2)cc1. The zero-order chi connectivity index (χ0) is 28.8. The Balaban J connectivity index is 1.05. The van der Waals surface area contributed by atoms with Crippen LogP contribution in [0.5, 0.6) is 0 Å². The Morgan fingerprint density at radius 2 is 1.34 bits per heavy atom. The molecule has 5 rings (SSSR count). The molecular weight excluding hydrogens is 523 g/mol. The minimum Gasteiger partial charge on any atom is -0.366 e. The molecule has 0 radical (unpaired) electrons. The number of hydrogen-bond acceptors (Lipinski definition) is 6. The summed E-state index contributed by atoms with van der Waals surface area (Å²) in [5.41, 5.74) is 8.73. The molecule has 3 N–H and O–H groups in total. The van der Waals surface area contributed by atoms with Crippen molar-refractivity contribution in [3.05, 3.63) is 101 Å². The summed E-state index contributed by atoms with van der Waals surface area (Å²) in [5.74, 6) is -1.01. The molecule has 10 heteroatoms. The maximum Gasteiger partial charge on any atom is 0.270 e. The molecule has 0 bridgehead atoms. The van der Waals surface area contributed by atoms with Gasteiger partial charge in [0.15, 0.2) is 0 Å². The van der Waals surface area contributed by atoms with E-state index in [1.165, 1.54) is 18.3 Å². The Morgan fingerprint density at radius 3 is 1.90 bits per heavy atom. The van der Waals surface area contributed by atoms with Crippen molar-refractivity contribution in [2.24, 2.45) is 5.73 Å². The summed E-state index contributed by atoms with van der Waals surface area (Å²) in [4.78, 5) is 47.7. The first-order valence-corrected chi connectivity index (χ1v) is 14.0. The Hall–Kier alpha value is -4.15. The lowest BCUT2D eigenvalue weighted by molar-refractivity contribution is 0.0627. The van der Waals surface area contributed by atoms with Gasteiger partial charge in [-0.2, -0.15) is 0 Å². The highest BCUT2D eigenvalue weighted by Gasteiger charge is 2.24. The number of nitrogens with one attached hydrogen (secondary N) is 1. The average Bonchev–Trinajstić information content (AvgIpc) is 3.00. The number of carbonyl (C=O) groups is 3. The predicted molar refractivity (Wildman–Crippen MR) is 153 cm³/mol. The summed E-state index contributed by atoms with van der Waals surface area (Å²) in [7, 11) is 0. The number of benzene rings is 2. The van der Waals surface area contributed by atoms with Gasteiger partial charge in [0.25, 0.3) is 11.8 Å². The lowest BCUT2D eigenvalue weighted by Crippen LogP contribution is -2.48. The smallest absolute Gasteiger partial charge is 0.270 e. The van der Waals surface area contributed by atoms with E-state index in [9.17, 15) is 18.8 Å². The number of amides is 3. The number of pyridine rings is 1. The summed E-state index contributed by atoms with van der Waals surface area (Å²) < 4.78 is 13.1. The van der Waals surface area contributed by atoms with Gasteiger partial charge in [-0.25, -0.2) is 4.39 Å². The van der Waals surface area contributed by atoms with Crippen molar-refractivity contribution < 1.29 is 18.8 Å². The molecular formula is C31H35FN6O3. The van der Waals surface area contributed by atoms with Gasteiger partial charge in [0.2, 0.25) is 5.91 Å². The van der Waals surface area contributed by atoms with Crippen LogP contribution in [0.25, 0.3) is 0 Å². The number of nitrogens with zero attached hydrogens (tertiary/aromatic N) is 4. The molecule has 0 atom stereocenters. The van der Waals surface area contributed by atoms with Crippen molar-refractivity contribution in [3.63, 3.8) is 0 Å². The van der Waals surface area contributed by atoms with E-state index in [1.54, 1.807) is 41.3 Å². The molecule has 2 fully saturated rings. The van der Waals surface area contributed by atoms with Crippen LogP contribution in [0.1, 0.15) is 55.2 Å². The molecule has 0 aliphatic carbocycles. The molecule has 2 saturated heterocycles. The van der Waals surface area contributed by atoms with Crippen LogP contribution in [0.15, 0.2) is 66.9 Å². The number of piperidine rings is 1. The number of piperazine rings is 1. The third-order valence-corrected chi connectivity index (χ3v) is 7.79. The van der Waals surface area contributed by atoms with Crippen molar-refractivity contribution in [1.82, 2.24) is 25.0 Å². The zero-order valence-corrected chi connectivity index (χ0v) is 23.0. The average molecular weight is 559 g/mol. The quantitative estimate of drug-likeness (QED) is 0.440. The second kappa shape index (κ2) is 13.0. The molecule has 0 saturated carbocycles. The van der Waals surface area contributed by atoms with Gasteiger partial charge in [-0.05, 0) is 60.4 Å². The number of aromatic nitrogens is 1. The summed E-state index contributed by atoms with van der Waals surface area (Å²) in [6.07, 6.45) is 3.14. The molecule has 2 aliphatic heterocycles. The molecule has 214 valence electrons. The molecule has 2 aromatic carbocycles. The maximum absolute atomic E-state index is 13.1. The van der Waals surface area contributed by atoms with Crippen molar-refractivity contribution in [2.75, 3.05) is 39.3 Å². The van der Waals surface area contributed by atoms with E-state index in [2.05, 4.69) is 20.1 Å². The Morgan fingerprint density at radius 1 is 0.780 bits per heavy atom. The number of hydrogen-bond donors (Lipinski definition) is 2. The molecule has 3 amide bonds. The largest absolute Gasteiger partial charge is 0.366 e. The van der Waals surface area contributed by atoms with Crippen LogP contribution in [-0.2, 0) is 13.1 Å². The second-order valence-corrected chi connectivity index (χ2v) is 10.7. The highest BCUT2D eigenvalue weighted by molar-refractivity contribution is 5.96. The van der Waals surface area contributed by atoms with Gasteiger partial charge in [0, 0.05) is 70.2 Å². The van der Waals surface area contributed by atoms with Crippen LogP contribution >= 0.6 is 0 Å². The van der Waals surface area contributed by atoms with Gasteiger partial charge < -0.3 is 16.0 Å². The van der Waals surface area contributed by atoms with E-state index in [1.807, 2.05) is 12.1 Å². The van der Waals surface area contributed by atoms with Gasteiger partial charge in [0.05, 0.1) is 5.56 Å². The van der Waals surface area contributed by atoms with Crippen LogP contribution in [0.4, 0.5) is 4.39 Å². The minimum atomic E-state index is -0.432. The monoisotopic (exact) mass is 558 g/mol. The maximum atomic E-state index is 13.1. The molecule has 41 heavy (non-hydrogen) atoms. The first kappa shape index (κ1) is 28.4. The number of likely N-dealkylation sites (tertiary alicyclic amines) is 1. The van der Waals surface area contributed by atoms with Crippen LogP contribution in [0, 0.1) is 5.82 Å². The predicted octanol–water partition coefficient (Wildman–Crippen LogP) is 2.67. The fourth-order valence-corrected chi connectivity index (χ4v) is 5.32. The number of nitrogens with two attached hydrogens (primary N) is 1. The number of carbonyl (C=O) groups excluding carboxylic acids is 3. The summed E-state index contributed by atoms with van der Waals surface area (Å²) in [5, 5.41) is 3.08. The fourth-order valence-electron chi connectivity index (χ4n) is 5.32. The highest BCUT2D eigenvalue weighted by Crippen LogP contribution is 2.16.